The average molecular weight is 380 g/mol. The molecule has 1 amide bonds. The van der Waals surface area contributed by atoms with Crippen LogP contribution in [0.3, 0.4) is 0 Å². The molecule has 1 aliphatic heterocycles. The molecule has 28 heavy (non-hydrogen) atoms. The third kappa shape index (κ3) is 3.47. The van der Waals surface area contributed by atoms with E-state index < -0.39 is 0 Å². The summed E-state index contributed by atoms with van der Waals surface area (Å²) in [5.74, 6) is 0.599. The number of hydrogen-bond donors (Lipinski definition) is 1. The van der Waals surface area contributed by atoms with Gasteiger partial charge in [0.1, 0.15) is 0 Å². The highest BCUT2D eigenvalue weighted by Gasteiger charge is 2.27. The molecule has 9 heteroatoms. The van der Waals surface area contributed by atoms with Gasteiger partial charge in [0.2, 0.25) is 5.95 Å². The Labute approximate surface area is 163 Å². The lowest BCUT2D eigenvalue weighted by Gasteiger charge is -2.17. The Kier molecular flexibility index (Phi) is 4.81. The summed E-state index contributed by atoms with van der Waals surface area (Å²) < 4.78 is 3.58. The lowest BCUT2D eigenvalue weighted by Crippen LogP contribution is -2.37. The second-order valence-electron chi connectivity index (χ2n) is 7.01. The van der Waals surface area contributed by atoms with E-state index in [-0.39, 0.29) is 11.9 Å². The minimum Gasteiger partial charge on any atom is -0.347 e. The molecule has 1 atom stereocenters. The van der Waals surface area contributed by atoms with Crippen molar-refractivity contribution in [3.05, 3.63) is 42.1 Å². The summed E-state index contributed by atoms with van der Waals surface area (Å²) in [5.41, 5.74) is 3.32. The van der Waals surface area contributed by atoms with Crippen molar-refractivity contribution in [3.63, 3.8) is 0 Å². The van der Waals surface area contributed by atoms with Crippen molar-refractivity contribution < 1.29 is 4.79 Å². The maximum atomic E-state index is 12.6. The van der Waals surface area contributed by atoms with Crippen molar-refractivity contribution in [2.24, 2.45) is 7.05 Å². The highest BCUT2D eigenvalue weighted by Crippen LogP contribution is 2.21. The zero-order chi connectivity index (χ0) is 19.7. The second kappa shape index (κ2) is 7.41. The van der Waals surface area contributed by atoms with Gasteiger partial charge in [0.15, 0.2) is 0 Å². The van der Waals surface area contributed by atoms with Crippen molar-refractivity contribution in [2.45, 2.75) is 32.9 Å². The number of aromatic nitrogens is 6. The number of carbonyl (C=O) groups is 1. The molecule has 0 radical (unpaired) electrons. The van der Waals surface area contributed by atoms with E-state index in [1.165, 1.54) is 0 Å². The first kappa shape index (κ1) is 18.1. The molecule has 1 fully saturated rings. The van der Waals surface area contributed by atoms with Gasteiger partial charge in [-0.1, -0.05) is 0 Å². The van der Waals surface area contributed by atoms with Gasteiger partial charge in [-0.15, -0.1) is 0 Å². The molecule has 3 aromatic heterocycles. The average Bonchev–Trinajstić information content (AvgIpc) is 3.42. The third-order valence-electron chi connectivity index (χ3n) is 5.10. The third-order valence-corrected chi connectivity index (χ3v) is 5.10. The zero-order valence-electron chi connectivity index (χ0n) is 16.3. The smallest absolute Gasteiger partial charge is 0.255 e. The predicted molar refractivity (Wildman–Crippen MR) is 105 cm³/mol. The number of amides is 1. The number of anilines is 1. The van der Waals surface area contributed by atoms with Crippen LogP contribution in [-0.4, -0.2) is 54.6 Å². The van der Waals surface area contributed by atoms with Gasteiger partial charge in [0.05, 0.1) is 23.7 Å². The lowest BCUT2D eigenvalue weighted by atomic mass is 10.2. The summed E-state index contributed by atoms with van der Waals surface area (Å²) in [4.78, 5) is 23.8. The summed E-state index contributed by atoms with van der Waals surface area (Å²) in [6.45, 7) is 6.17. The van der Waals surface area contributed by atoms with Gasteiger partial charge in [-0.2, -0.15) is 10.2 Å². The van der Waals surface area contributed by atoms with Crippen LogP contribution in [0.5, 0.6) is 0 Å². The summed E-state index contributed by atoms with van der Waals surface area (Å²) in [6, 6.07) is 1.94. The van der Waals surface area contributed by atoms with Gasteiger partial charge in [-0.25, -0.2) is 9.97 Å². The molecule has 1 N–H and O–H groups in total. The molecule has 146 valence electrons. The molecule has 3 aromatic rings. The molecule has 1 saturated heterocycles. The van der Waals surface area contributed by atoms with E-state index in [2.05, 4.69) is 30.4 Å². The summed E-state index contributed by atoms with van der Waals surface area (Å²) >= 11 is 0. The van der Waals surface area contributed by atoms with E-state index in [0.29, 0.717) is 18.1 Å². The SMILES string of the molecule is CCn1ncc(C(=O)NC2CCN(c3nccc(-c4cnn(C)c4)n3)C2)c1C. The largest absolute Gasteiger partial charge is 0.347 e. The van der Waals surface area contributed by atoms with Crippen LogP contribution in [0.4, 0.5) is 5.95 Å². The Hall–Kier alpha value is -3.23. The Bertz CT molecular complexity index is 991. The zero-order valence-corrected chi connectivity index (χ0v) is 16.3. The van der Waals surface area contributed by atoms with E-state index in [1.54, 1.807) is 23.3 Å². The topological polar surface area (TPSA) is 93.8 Å². The first-order valence-corrected chi connectivity index (χ1v) is 9.45. The first-order chi connectivity index (χ1) is 13.5. The molecule has 0 saturated carbocycles. The minimum absolute atomic E-state index is 0.0579. The Balaban J connectivity index is 1.43. The molecule has 0 bridgehead atoms. The van der Waals surface area contributed by atoms with Gasteiger partial charge in [0.25, 0.3) is 5.91 Å². The van der Waals surface area contributed by atoms with Gasteiger partial charge < -0.3 is 10.2 Å². The van der Waals surface area contributed by atoms with E-state index in [4.69, 9.17) is 0 Å². The highest BCUT2D eigenvalue weighted by atomic mass is 16.1. The Morgan fingerprint density at radius 1 is 1.32 bits per heavy atom. The fourth-order valence-electron chi connectivity index (χ4n) is 3.53. The molecular weight excluding hydrogens is 356 g/mol. The summed E-state index contributed by atoms with van der Waals surface area (Å²) in [5, 5.41) is 11.6. The number of nitrogens with zero attached hydrogens (tertiary/aromatic N) is 7. The van der Waals surface area contributed by atoms with E-state index >= 15 is 0 Å². The van der Waals surface area contributed by atoms with Gasteiger partial charge in [-0.3, -0.25) is 14.2 Å². The number of hydrogen-bond acceptors (Lipinski definition) is 6. The van der Waals surface area contributed by atoms with E-state index in [9.17, 15) is 4.79 Å². The number of nitrogens with one attached hydrogen (secondary N) is 1. The van der Waals surface area contributed by atoms with Crippen molar-refractivity contribution in [1.82, 2.24) is 34.8 Å². The number of carbonyl (C=O) groups excluding carboxylic acids is 1. The lowest BCUT2D eigenvalue weighted by molar-refractivity contribution is 0.0939. The molecule has 1 unspecified atom stereocenters. The fourth-order valence-corrected chi connectivity index (χ4v) is 3.53. The number of aryl methyl sites for hydroxylation is 2. The van der Waals surface area contributed by atoms with Crippen LogP contribution >= 0.6 is 0 Å². The standard InChI is InChI=1S/C19H24N8O/c1-4-27-13(2)16(10-22-27)18(28)23-15-6-8-26(12-15)19-20-7-5-17(24-19)14-9-21-25(3)11-14/h5,7,9-11,15H,4,6,8,12H2,1-3H3,(H,23,28). The molecule has 9 nitrogen and oxygen atoms in total. The molecule has 1 aliphatic rings. The quantitative estimate of drug-likeness (QED) is 0.719. The molecule has 4 rings (SSSR count). The van der Waals surface area contributed by atoms with Crippen LogP contribution in [0.15, 0.2) is 30.9 Å². The van der Waals surface area contributed by atoms with E-state index in [0.717, 1.165) is 36.5 Å². The normalized spacial score (nSPS) is 16.5. The molecule has 0 spiro atoms. The molecule has 4 heterocycles. The molecule has 0 aliphatic carbocycles. The highest BCUT2D eigenvalue weighted by molar-refractivity contribution is 5.95. The van der Waals surface area contributed by atoms with Crippen LogP contribution in [0.2, 0.25) is 0 Å². The first-order valence-electron chi connectivity index (χ1n) is 9.45. The van der Waals surface area contributed by atoms with Crippen molar-refractivity contribution >= 4 is 11.9 Å². The predicted octanol–water partition coefficient (Wildman–Crippen LogP) is 1.41. The van der Waals surface area contributed by atoms with Crippen LogP contribution in [0, 0.1) is 6.92 Å². The summed E-state index contributed by atoms with van der Waals surface area (Å²) in [6.07, 6.45) is 7.98. The van der Waals surface area contributed by atoms with E-state index in [1.807, 2.05) is 37.8 Å². The molecular formula is C19H24N8O. The van der Waals surface area contributed by atoms with Crippen LogP contribution in [-0.2, 0) is 13.6 Å². The maximum absolute atomic E-state index is 12.6. The number of rotatable bonds is 5. The Morgan fingerprint density at radius 3 is 2.89 bits per heavy atom. The Morgan fingerprint density at radius 2 is 2.18 bits per heavy atom. The fraction of sp³-hybridized carbons (Fsp3) is 0.421. The summed E-state index contributed by atoms with van der Waals surface area (Å²) in [7, 11) is 1.88. The minimum atomic E-state index is -0.0749. The van der Waals surface area contributed by atoms with Crippen LogP contribution in [0.1, 0.15) is 29.4 Å². The van der Waals surface area contributed by atoms with Gasteiger partial charge in [-0.05, 0) is 26.3 Å². The van der Waals surface area contributed by atoms with Gasteiger partial charge in [0, 0.05) is 56.4 Å². The monoisotopic (exact) mass is 380 g/mol. The van der Waals surface area contributed by atoms with Crippen molar-refractivity contribution in [1.29, 1.82) is 0 Å². The van der Waals surface area contributed by atoms with Crippen molar-refractivity contribution in [2.75, 3.05) is 18.0 Å². The van der Waals surface area contributed by atoms with Gasteiger partial charge >= 0.3 is 0 Å². The van der Waals surface area contributed by atoms with Crippen LogP contribution < -0.4 is 10.2 Å². The maximum Gasteiger partial charge on any atom is 0.255 e. The van der Waals surface area contributed by atoms with Crippen molar-refractivity contribution in [3.8, 4) is 11.3 Å². The molecule has 0 aromatic carbocycles. The second-order valence-corrected chi connectivity index (χ2v) is 7.01. The van der Waals surface area contributed by atoms with Crippen LogP contribution in [0.25, 0.3) is 11.3 Å².